The minimum atomic E-state index is -0.375. The van der Waals surface area contributed by atoms with Crippen LogP contribution >= 0.6 is 0 Å². The van der Waals surface area contributed by atoms with E-state index in [0.717, 1.165) is 5.75 Å². The molecule has 0 aromatic carbocycles. The number of hydrogen-bond acceptors (Lipinski definition) is 3. The summed E-state index contributed by atoms with van der Waals surface area (Å²) in [6.45, 7) is -0.375. The van der Waals surface area contributed by atoms with E-state index in [1.54, 1.807) is 7.11 Å². The fourth-order valence-electron chi connectivity index (χ4n) is 0.904. The number of aliphatic hydroxyl groups is 1. The molecule has 2 aliphatic carbocycles. The lowest BCUT2D eigenvalue weighted by Crippen LogP contribution is -1.75. The molecule has 0 aromatic heterocycles. The van der Waals surface area contributed by atoms with E-state index < -0.39 is 0 Å². The number of benzene rings is 1. The smallest absolute Gasteiger partial charge is 0.130 e. The Morgan fingerprint density at radius 1 is 1.58 bits per heavy atom. The van der Waals surface area contributed by atoms with E-state index in [0.29, 0.717) is 0 Å². The van der Waals surface area contributed by atoms with E-state index in [4.69, 9.17) is 15.1 Å². The van der Waals surface area contributed by atoms with E-state index in [1.165, 1.54) is 17.2 Å². The summed E-state index contributed by atoms with van der Waals surface area (Å²) in [5, 5.41) is 14.9. The maximum Gasteiger partial charge on any atom is 0.130 e. The summed E-state index contributed by atoms with van der Waals surface area (Å²) < 4.78 is 5.01. The molecular formula is C9H9NO2. The molecule has 0 heterocycles. The molecule has 62 valence electrons. The highest BCUT2D eigenvalue weighted by Crippen LogP contribution is 2.43. The number of nitrogens with zero attached hydrogens (tertiary/aromatic N) is 1. The zero-order valence-electron chi connectivity index (χ0n) is 6.74. The first-order chi connectivity index (χ1) is 5.83. The molecule has 0 atom stereocenters. The predicted octanol–water partition coefficient (Wildman–Crippen LogP) is 1.18. The third-order valence-electron chi connectivity index (χ3n) is 1.50. The molecule has 1 N–H and O–H groups in total. The van der Waals surface area contributed by atoms with Crippen LogP contribution in [0.4, 0.5) is 0 Å². The van der Waals surface area contributed by atoms with Gasteiger partial charge in [0.1, 0.15) is 12.4 Å². The third-order valence-corrected chi connectivity index (χ3v) is 1.50. The van der Waals surface area contributed by atoms with Crippen molar-refractivity contribution in [3.8, 4) is 22.9 Å². The highest BCUT2D eigenvalue weighted by atomic mass is 16.5. The highest BCUT2D eigenvalue weighted by molar-refractivity contribution is 5.87. The predicted molar refractivity (Wildman–Crippen MR) is 44.7 cm³/mol. The number of methoxy groups -OCH3 is 1. The molecule has 0 saturated carbocycles. The minimum absolute atomic E-state index is 0.375. The van der Waals surface area contributed by atoms with Crippen molar-refractivity contribution >= 4 is 0 Å². The molecule has 0 amide bonds. The van der Waals surface area contributed by atoms with Crippen molar-refractivity contribution in [1.82, 2.24) is 0 Å². The molecule has 0 unspecified atom stereocenters. The lowest BCUT2D eigenvalue weighted by molar-refractivity contribution is 0.348. The van der Waals surface area contributed by atoms with Gasteiger partial charge < -0.3 is 9.84 Å². The Balaban J connectivity index is 0.000000157. The summed E-state index contributed by atoms with van der Waals surface area (Å²) in [5.41, 5.74) is 2.62. The van der Waals surface area contributed by atoms with Gasteiger partial charge >= 0.3 is 0 Å². The minimum Gasteiger partial charge on any atom is -0.496 e. The molecule has 0 radical (unpaired) electrons. The van der Waals surface area contributed by atoms with Crippen molar-refractivity contribution in [3.63, 3.8) is 0 Å². The molecule has 2 rings (SSSR count). The Kier molecular flexibility index (Phi) is 2.67. The van der Waals surface area contributed by atoms with Crippen LogP contribution in [0.3, 0.4) is 0 Å². The van der Waals surface area contributed by atoms with Crippen molar-refractivity contribution in [2.24, 2.45) is 0 Å². The van der Waals surface area contributed by atoms with E-state index in [-0.39, 0.29) is 6.61 Å². The molecule has 3 nitrogen and oxygen atoms in total. The second-order valence-corrected chi connectivity index (χ2v) is 2.23. The number of hydrogen-bond donors (Lipinski definition) is 1. The zero-order chi connectivity index (χ0) is 8.97. The normalized spacial score (nSPS) is 9.08. The summed E-state index contributed by atoms with van der Waals surface area (Å²) in [6.07, 6.45) is 0. The van der Waals surface area contributed by atoms with Crippen molar-refractivity contribution in [1.29, 1.82) is 5.26 Å². The number of fused-ring (bicyclic) bond motifs is 1. The van der Waals surface area contributed by atoms with Gasteiger partial charge in [-0.05, 0) is 17.7 Å². The van der Waals surface area contributed by atoms with Crippen LogP contribution in [0.2, 0.25) is 0 Å². The van der Waals surface area contributed by atoms with Crippen LogP contribution in [0, 0.1) is 11.3 Å². The number of ether oxygens (including phenoxy) is 1. The van der Waals surface area contributed by atoms with Gasteiger partial charge in [-0.15, -0.1) is 0 Å². The van der Waals surface area contributed by atoms with Crippen molar-refractivity contribution < 1.29 is 9.84 Å². The maximum absolute atomic E-state index is 7.51. The van der Waals surface area contributed by atoms with E-state index in [9.17, 15) is 0 Å². The first kappa shape index (κ1) is 8.57. The quantitative estimate of drug-likeness (QED) is 0.642. The van der Waals surface area contributed by atoms with Gasteiger partial charge in [0.15, 0.2) is 0 Å². The van der Waals surface area contributed by atoms with Crippen LogP contribution in [-0.4, -0.2) is 18.8 Å². The fourth-order valence-corrected chi connectivity index (χ4v) is 0.904. The van der Waals surface area contributed by atoms with Crippen LogP contribution < -0.4 is 4.74 Å². The van der Waals surface area contributed by atoms with Crippen molar-refractivity contribution in [3.05, 3.63) is 18.2 Å². The summed E-state index contributed by atoms with van der Waals surface area (Å²) >= 11 is 0. The second-order valence-electron chi connectivity index (χ2n) is 2.23. The highest BCUT2D eigenvalue weighted by Gasteiger charge is 2.16. The molecule has 3 heteroatoms. The second kappa shape index (κ2) is 3.74. The van der Waals surface area contributed by atoms with E-state index in [2.05, 4.69) is 12.1 Å². The topological polar surface area (TPSA) is 53.2 Å². The van der Waals surface area contributed by atoms with E-state index >= 15 is 0 Å². The Morgan fingerprint density at radius 2 is 2.25 bits per heavy atom. The van der Waals surface area contributed by atoms with Gasteiger partial charge in [-0.1, -0.05) is 6.07 Å². The van der Waals surface area contributed by atoms with Gasteiger partial charge in [-0.2, -0.15) is 5.26 Å². The Hall–Kier alpha value is -1.53. The largest absolute Gasteiger partial charge is 0.496 e. The third kappa shape index (κ3) is 1.74. The van der Waals surface area contributed by atoms with E-state index in [1.807, 2.05) is 6.07 Å². The summed E-state index contributed by atoms with van der Waals surface area (Å²) in [4.78, 5) is 0. The molecule has 0 bridgehead atoms. The molecule has 0 fully saturated rings. The lowest BCUT2D eigenvalue weighted by atomic mass is 10.5. The molecule has 0 saturated heterocycles. The SMILES string of the molecule is COc1ccc2cc1-2.N#CCO. The molecule has 0 spiro atoms. The number of nitriles is 1. The monoisotopic (exact) mass is 163 g/mol. The van der Waals surface area contributed by atoms with Gasteiger partial charge in [0, 0.05) is 5.56 Å². The molecule has 12 heavy (non-hydrogen) atoms. The average Bonchev–Trinajstić information content (AvgIpc) is 2.79. The maximum atomic E-state index is 7.51. The van der Waals surface area contributed by atoms with Crippen LogP contribution in [-0.2, 0) is 0 Å². The number of rotatable bonds is 1. The Morgan fingerprint density at radius 3 is 2.42 bits per heavy atom. The van der Waals surface area contributed by atoms with Crippen LogP contribution in [0.1, 0.15) is 0 Å². The first-order valence-corrected chi connectivity index (χ1v) is 3.49. The van der Waals surface area contributed by atoms with Gasteiger partial charge in [0.05, 0.1) is 13.2 Å². The van der Waals surface area contributed by atoms with Gasteiger partial charge in [0.25, 0.3) is 0 Å². The van der Waals surface area contributed by atoms with Crippen LogP contribution in [0.15, 0.2) is 18.2 Å². The average molecular weight is 163 g/mol. The van der Waals surface area contributed by atoms with Crippen LogP contribution in [0.5, 0.6) is 5.75 Å². The summed E-state index contributed by atoms with van der Waals surface area (Å²) in [7, 11) is 1.70. The van der Waals surface area contributed by atoms with Gasteiger partial charge in [-0.3, -0.25) is 0 Å². The van der Waals surface area contributed by atoms with Gasteiger partial charge in [0.2, 0.25) is 0 Å². The number of aliphatic hydroxyl groups excluding tert-OH is 1. The lowest BCUT2D eigenvalue weighted by Gasteiger charge is -1.89. The Bertz CT molecular complexity index is 315. The molecule has 0 aliphatic heterocycles. The first-order valence-electron chi connectivity index (χ1n) is 3.49. The molecule has 2 aliphatic rings. The molecular weight excluding hydrogens is 154 g/mol. The summed E-state index contributed by atoms with van der Waals surface area (Å²) in [5.74, 6) is 1.01. The van der Waals surface area contributed by atoms with Crippen molar-refractivity contribution in [2.45, 2.75) is 0 Å². The standard InChI is InChI=1S/C7H6O.C2H3NO/c1-8-7-3-2-5-4-6(5)7;3-1-2-4/h2-4H,1H3;4H,2H2. The molecule has 0 aromatic rings. The zero-order valence-corrected chi connectivity index (χ0v) is 6.74. The van der Waals surface area contributed by atoms with Crippen LogP contribution in [0.25, 0.3) is 11.1 Å². The summed E-state index contributed by atoms with van der Waals surface area (Å²) in [6, 6.07) is 7.65. The Labute approximate surface area is 70.8 Å². The van der Waals surface area contributed by atoms with Crippen molar-refractivity contribution in [2.75, 3.05) is 13.7 Å². The fraction of sp³-hybridized carbons (Fsp3) is 0.222. The van der Waals surface area contributed by atoms with Gasteiger partial charge in [-0.25, -0.2) is 0 Å².